The number of benzene rings is 2. The summed E-state index contributed by atoms with van der Waals surface area (Å²) in [6.07, 6.45) is 1.57. The lowest BCUT2D eigenvalue weighted by Crippen LogP contribution is -2.00. The van der Waals surface area contributed by atoms with Crippen LogP contribution in [0.3, 0.4) is 0 Å². The summed E-state index contributed by atoms with van der Waals surface area (Å²) in [6, 6.07) is 9.45. The molecule has 0 unspecified atom stereocenters. The number of halogens is 1. The van der Waals surface area contributed by atoms with Gasteiger partial charge in [-0.3, -0.25) is 15.5 Å². The topological polar surface area (TPSA) is 86.0 Å². The summed E-state index contributed by atoms with van der Waals surface area (Å²) in [4.78, 5) is 10.2. The first-order valence-electron chi connectivity index (χ1n) is 7.67. The van der Waals surface area contributed by atoms with Crippen molar-refractivity contribution in [3.63, 3.8) is 0 Å². The molecule has 132 valence electrons. The Labute approximate surface area is 150 Å². The van der Waals surface area contributed by atoms with Crippen molar-refractivity contribution >= 4 is 29.2 Å². The molecule has 0 atom stereocenters. The summed E-state index contributed by atoms with van der Waals surface area (Å²) in [5, 5.41) is 15.2. The number of anilines is 1. The van der Waals surface area contributed by atoms with E-state index in [0.717, 1.165) is 5.56 Å². The molecule has 25 heavy (non-hydrogen) atoms. The summed E-state index contributed by atoms with van der Waals surface area (Å²) < 4.78 is 11.1. The Morgan fingerprint density at radius 2 is 1.88 bits per heavy atom. The van der Waals surface area contributed by atoms with Gasteiger partial charge in [-0.2, -0.15) is 5.10 Å². The fourth-order valence-electron chi connectivity index (χ4n) is 2.05. The Hall–Kier alpha value is -2.80. The Morgan fingerprint density at radius 3 is 2.48 bits per heavy atom. The number of ether oxygens (including phenoxy) is 2. The van der Waals surface area contributed by atoms with Crippen molar-refractivity contribution < 1.29 is 14.4 Å². The van der Waals surface area contributed by atoms with E-state index in [4.69, 9.17) is 21.1 Å². The number of hydrogen-bond acceptors (Lipinski definition) is 6. The molecule has 0 amide bonds. The van der Waals surface area contributed by atoms with E-state index in [1.165, 1.54) is 12.1 Å². The van der Waals surface area contributed by atoms with Gasteiger partial charge in [-0.15, -0.1) is 0 Å². The summed E-state index contributed by atoms with van der Waals surface area (Å²) in [6.45, 7) is 4.71. The standard InChI is InChI=1S/C17H18ClN3O4/c1-3-24-16-10-12(9-15(18)17(16)25-4-2)11-19-20-13-5-7-14(8-6-13)21(22)23/h5-11,20H,3-4H2,1-2H3/b19-11+. The van der Waals surface area contributed by atoms with E-state index in [0.29, 0.717) is 35.4 Å². The van der Waals surface area contributed by atoms with E-state index in [-0.39, 0.29) is 5.69 Å². The summed E-state index contributed by atoms with van der Waals surface area (Å²) in [5.74, 6) is 1.06. The predicted molar refractivity (Wildman–Crippen MR) is 98.1 cm³/mol. The lowest BCUT2D eigenvalue weighted by atomic mass is 10.2. The molecule has 1 N–H and O–H groups in total. The minimum absolute atomic E-state index is 0.0224. The molecule has 0 aliphatic heterocycles. The zero-order valence-corrected chi connectivity index (χ0v) is 14.6. The minimum atomic E-state index is -0.454. The average Bonchev–Trinajstić information content (AvgIpc) is 2.59. The fraction of sp³-hybridized carbons (Fsp3) is 0.235. The zero-order chi connectivity index (χ0) is 18.2. The van der Waals surface area contributed by atoms with Gasteiger partial charge in [0.1, 0.15) is 0 Å². The van der Waals surface area contributed by atoms with E-state index < -0.39 is 4.92 Å². The third kappa shape index (κ3) is 5.09. The molecular weight excluding hydrogens is 346 g/mol. The summed E-state index contributed by atoms with van der Waals surface area (Å²) >= 11 is 6.24. The van der Waals surface area contributed by atoms with Crippen molar-refractivity contribution in [3.05, 3.63) is 57.1 Å². The molecule has 2 aromatic carbocycles. The molecule has 2 rings (SSSR count). The molecule has 0 saturated carbocycles. The van der Waals surface area contributed by atoms with Crippen molar-refractivity contribution in [2.45, 2.75) is 13.8 Å². The maximum Gasteiger partial charge on any atom is 0.269 e. The second-order valence-electron chi connectivity index (χ2n) is 4.87. The van der Waals surface area contributed by atoms with Crippen LogP contribution < -0.4 is 14.9 Å². The van der Waals surface area contributed by atoms with Gasteiger partial charge in [0.05, 0.1) is 35.1 Å². The molecule has 0 heterocycles. The highest BCUT2D eigenvalue weighted by Crippen LogP contribution is 2.36. The van der Waals surface area contributed by atoms with Gasteiger partial charge in [0.25, 0.3) is 5.69 Å². The molecule has 7 nitrogen and oxygen atoms in total. The monoisotopic (exact) mass is 363 g/mol. The second kappa shape index (κ2) is 8.89. The van der Waals surface area contributed by atoms with Crippen molar-refractivity contribution in [3.8, 4) is 11.5 Å². The Bertz CT molecular complexity index is 763. The second-order valence-corrected chi connectivity index (χ2v) is 5.28. The Balaban J connectivity index is 2.13. The van der Waals surface area contributed by atoms with E-state index in [2.05, 4.69) is 10.5 Å². The molecule has 0 spiro atoms. The SMILES string of the molecule is CCOc1cc(/C=N/Nc2ccc([N+](=O)[O-])cc2)cc(Cl)c1OCC. The maximum absolute atomic E-state index is 10.6. The number of nitro groups is 1. The van der Waals surface area contributed by atoms with Crippen LogP contribution in [0.25, 0.3) is 0 Å². The highest BCUT2D eigenvalue weighted by molar-refractivity contribution is 6.32. The first kappa shape index (κ1) is 18.5. The van der Waals surface area contributed by atoms with Crippen molar-refractivity contribution in [1.82, 2.24) is 0 Å². The van der Waals surface area contributed by atoms with Crippen molar-refractivity contribution in [2.75, 3.05) is 18.6 Å². The van der Waals surface area contributed by atoms with Crippen LogP contribution in [0.4, 0.5) is 11.4 Å². The molecule has 2 aromatic rings. The lowest BCUT2D eigenvalue weighted by Gasteiger charge is -2.13. The van der Waals surface area contributed by atoms with Gasteiger partial charge in [0, 0.05) is 12.1 Å². The number of hydrogen-bond donors (Lipinski definition) is 1. The zero-order valence-electron chi connectivity index (χ0n) is 13.9. The predicted octanol–water partition coefficient (Wildman–Crippen LogP) is 4.49. The third-order valence-electron chi connectivity index (χ3n) is 3.11. The number of nitrogens with one attached hydrogen (secondary N) is 1. The number of non-ortho nitro benzene ring substituents is 1. The van der Waals surface area contributed by atoms with Crippen LogP contribution >= 0.6 is 11.6 Å². The van der Waals surface area contributed by atoms with Crippen LogP contribution in [0.1, 0.15) is 19.4 Å². The molecule has 8 heteroatoms. The van der Waals surface area contributed by atoms with Gasteiger partial charge in [-0.1, -0.05) is 11.6 Å². The van der Waals surface area contributed by atoms with Crippen LogP contribution in [0, 0.1) is 10.1 Å². The van der Waals surface area contributed by atoms with Gasteiger partial charge in [-0.25, -0.2) is 0 Å². The van der Waals surface area contributed by atoms with Crippen LogP contribution in [0.2, 0.25) is 5.02 Å². The van der Waals surface area contributed by atoms with Crippen LogP contribution in [0.15, 0.2) is 41.5 Å². The maximum atomic E-state index is 10.6. The van der Waals surface area contributed by atoms with Crippen molar-refractivity contribution in [1.29, 1.82) is 0 Å². The molecule has 0 radical (unpaired) electrons. The first-order chi connectivity index (χ1) is 12.0. The molecule has 0 bridgehead atoms. The highest BCUT2D eigenvalue weighted by Gasteiger charge is 2.11. The van der Waals surface area contributed by atoms with E-state index in [9.17, 15) is 10.1 Å². The molecule has 0 aliphatic carbocycles. The Kier molecular flexibility index (Phi) is 6.59. The van der Waals surface area contributed by atoms with Crippen LogP contribution in [0.5, 0.6) is 11.5 Å². The van der Waals surface area contributed by atoms with Gasteiger partial charge in [-0.05, 0) is 43.7 Å². The first-order valence-corrected chi connectivity index (χ1v) is 8.05. The molecule has 0 saturated heterocycles. The summed E-state index contributed by atoms with van der Waals surface area (Å²) in [7, 11) is 0. The molecule has 0 aromatic heterocycles. The van der Waals surface area contributed by atoms with Crippen LogP contribution in [-0.2, 0) is 0 Å². The largest absolute Gasteiger partial charge is 0.490 e. The minimum Gasteiger partial charge on any atom is -0.490 e. The van der Waals surface area contributed by atoms with Crippen LogP contribution in [-0.4, -0.2) is 24.4 Å². The van der Waals surface area contributed by atoms with E-state index in [1.54, 1.807) is 30.5 Å². The fourth-order valence-corrected chi connectivity index (χ4v) is 2.32. The Morgan fingerprint density at radius 1 is 1.20 bits per heavy atom. The number of nitro benzene ring substituents is 1. The van der Waals surface area contributed by atoms with E-state index >= 15 is 0 Å². The molecular formula is C17H18ClN3O4. The highest BCUT2D eigenvalue weighted by atomic mass is 35.5. The van der Waals surface area contributed by atoms with Gasteiger partial charge < -0.3 is 9.47 Å². The number of hydrazone groups is 1. The number of nitrogens with zero attached hydrogens (tertiary/aromatic N) is 2. The van der Waals surface area contributed by atoms with Gasteiger partial charge in [0.15, 0.2) is 11.5 Å². The lowest BCUT2D eigenvalue weighted by molar-refractivity contribution is -0.384. The van der Waals surface area contributed by atoms with Gasteiger partial charge in [0.2, 0.25) is 0 Å². The molecule has 0 fully saturated rings. The van der Waals surface area contributed by atoms with Gasteiger partial charge >= 0.3 is 0 Å². The quantitative estimate of drug-likeness (QED) is 0.424. The smallest absolute Gasteiger partial charge is 0.269 e. The number of rotatable bonds is 8. The van der Waals surface area contributed by atoms with E-state index in [1.807, 2.05) is 13.8 Å². The average molecular weight is 364 g/mol. The summed E-state index contributed by atoms with van der Waals surface area (Å²) in [5.41, 5.74) is 4.18. The molecule has 0 aliphatic rings. The normalized spacial score (nSPS) is 10.7. The van der Waals surface area contributed by atoms with Crippen molar-refractivity contribution in [2.24, 2.45) is 5.10 Å². The third-order valence-corrected chi connectivity index (χ3v) is 3.39.